The topological polar surface area (TPSA) is 313 Å². The Balaban J connectivity index is 1.72. The SMILES string of the molecule is COP(=O)(OCC1OC(n2ccc(=O)[nH]c2=O)C(O)C1O)OP(=O)(OC)O[C@@H]1OC(CO)[C@H](O)[C@H](O)C1NC(=O)COCCCO. The van der Waals surface area contributed by atoms with Gasteiger partial charge in [-0.3, -0.25) is 37.2 Å². The van der Waals surface area contributed by atoms with Crippen LogP contribution in [0.3, 0.4) is 0 Å². The lowest BCUT2D eigenvalue weighted by molar-refractivity contribution is -0.248. The summed E-state index contributed by atoms with van der Waals surface area (Å²) >= 11 is 0. The van der Waals surface area contributed by atoms with Gasteiger partial charge in [-0.05, 0) is 6.42 Å². The van der Waals surface area contributed by atoms with Crippen molar-refractivity contribution in [3.05, 3.63) is 33.1 Å². The Bertz CT molecular complexity index is 1360. The number of phosphoric acid groups is 2. The molecule has 24 heteroatoms. The third-order valence-corrected chi connectivity index (χ3v) is 10.1. The van der Waals surface area contributed by atoms with Gasteiger partial charge in [0.2, 0.25) is 5.91 Å². The minimum atomic E-state index is -5.12. The molecule has 3 rings (SSSR count). The van der Waals surface area contributed by atoms with Crippen LogP contribution < -0.4 is 16.6 Å². The number of nitrogens with one attached hydrogen (secondary N) is 2. The van der Waals surface area contributed by atoms with Gasteiger partial charge in [0.05, 0.1) is 13.2 Å². The Labute approximate surface area is 259 Å². The van der Waals surface area contributed by atoms with Crippen LogP contribution in [0, 0.1) is 0 Å². The van der Waals surface area contributed by atoms with E-state index in [1.165, 1.54) is 0 Å². The summed E-state index contributed by atoms with van der Waals surface area (Å²) in [6.45, 7) is -2.49. The third kappa shape index (κ3) is 9.57. The van der Waals surface area contributed by atoms with Crippen molar-refractivity contribution in [1.29, 1.82) is 0 Å². The van der Waals surface area contributed by atoms with Crippen LogP contribution in [0.5, 0.6) is 0 Å². The third-order valence-electron chi connectivity index (χ3n) is 6.63. The van der Waals surface area contributed by atoms with Gasteiger partial charge in [-0.25, -0.2) is 13.9 Å². The molecule has 1 amide bonds. The van der Waals surface area contributed by atoms with Crippen LogP contribution in [0.4, 0.5) is 0 Å². The molecular weight excluding hydrogens is 672 g/mol. The molecule has 0 aromatic carbocycles. The number of H-pyrrole nitrogens is 1. The van der Waals surface area contributed by atoms with E-state index in [0.29, 0.717) is 0 Å². The summed E-state index contributed by atoms with van der Waals surface area (Å²) in [5.74, 6) is -0.868. The quantitative estimate of drug-likeness (QED) is 0.0565. The number of aromatic amines is 1. The Morgan fingerprint density at radius 2 is 1.67 bits per heavy atom. The van der Waals surface area contributed by atoms with Gasteiger partial charge in [0.25, 0.3) is 5.56 Å². The van der Waals surface area contributed by atoms with Gasteiger partial charge in [0, 0.05) is 39.7 Å². The predicted octanol–water partition coefficient (Wildman–Crippen LogP) is -3.96. The lowest BCUT2D eigenvalue weighted by Gasteiger charge is -2.42. The predicted molar refractivity (Wildman–Crippen MR) is 147 cm³/mol. The van der Waals surface area contributed by atoms with E-state index >= 15 is 0 Å². The molecule has 22 nitrogen and oxygen atoms in total. The molecule has 46 heavy (non-hydrogen) atoms. The van der Waals surface area contributed by atoms with Crippen molar-refractivity contribution in [3.63, 3.8) is 0 Å². The molecule has 2 fully saturated rings. The molecule has 0 radical (unpaired) electrons. The highest BCUT2D eigenvalue weighted by atomic mass is 31.3. The van der Waals surface area contributed by atoms with Crippen molar-refractivity contribution < 1.29 is 81.2 Å². The van der Waals surface area contributed by atoms with Gasteiger partial charge in [0.1, 0.15) is 49.3 Å². The fourth-order valence-corrected chi connectivity index (χ4v) is 7.04. The summed E-state index contributed by atoms with van der Waals surface area (Å²) in [6.07, 6.45) is -12.4. The van der Waals surface area contributed by atoms with Crippen LogP contribution in [0.15, 0.2) is 21.9 Å². The van der Waals surface area contributed by atoms with Crippen LogP contribution in [-0.4, -0.2) is 142 Å². The van der Waals surface area contributed by atoms with E-state index in [9.17, 15) is 49.0 Å². The number of rotatable bonds is 17. The minimum Gasteiger partial charge on any atom is -0.396 e. The van der Waals surface area contributed by atoms with Crippen LogP contribution in [0.1, 0.15) is 12.6 Å². The Morgan fingerprint density at radius 1 is 1.00 bits per heavy atom. The second-order valence-electron chi connectivity index (χ2n) is 9.74. The molecule has 0 bridgehead atoms. The highest BCUT2D eigenvalue weighted by Crippen LogP contribution is 2.66. The van der Waals surface area contributed by atoms with E-state index < -0.39 is 108 Å². The molecule has 264 valence electrons. The number of ether oxygens (including phenoxy) is 3. The molecule has 1 aromatic heterocycles. The van der Waals surface area contributed by atoms with Crippen molar-refractivity contribution in [2.75, 3.05) is 47.3 Å². The number of carbonyl (C=O) groups excluding carboxylic acids is 1. The Hall–Kier alpha value is -1.95. The second-order valence-corrected chi connectivity index (χ2v) is 13.4. The van der Waals surface area contributed by atoms with E-state index in [0.717, 1.165) is 31.0 Å². The summed E-state index contributed by atoms with van der Waals surface area (Å²) in [6, 6.07) is -0.733. The molecular formula is C22H37N3O19P2. The van der Waals surface area contributed by atoms with E-state index in [-0.39, 0.29) is 19.6 Å². The summed E-state index contributed by atoms with van der Waals surface area (Å²) in [5, 5.41) is 62.4. The fourth-order valence-electron chi connectivity index (χ4n) is 4.23. The van der Waals surface area contributed by atoms with Crippen molar-refractivity contribution in [2.24, 2.45) is 0 Å². The van der Waals surface area contributed by atoms with Crippen molar-refractivity contribution >= 4 is 21.6 Å². The van der Waals surface area contributed by atoms with Gasteiger partial charge in [0.15, 0.2) is 12.5 Å². The van der Waals surface area contributed by atoms with Gasteiger partial charge in [-0.15, -0.1) is 0 Å². The van der Waals surface area contributed by atoms with Crippen molar-refractivity contribution in [3.8, 4) is 0 Å². The Morgan fingerprint density at radius 3 is 2.28 bits per heavy atom. The molecule has 8 N–H and O–H groups in total. The molecule has 3 heterocycles. The maximum atomic E-state index is 13.5. The highest BCUT2D eigenvalue weighted by molar-refractivity contribution is 7.62. The van der Waals surface area contributed by atoms with Gasteiger partial charge >= 0.3 is 21.3 Å². The number of carbonyl (C=O) groups is 1. The maximum Gasteiger partial charge on any atom is 0.485 e. The summed E-state index contributed by atoms with van der Waals surface area (Å²) < 4.78 is 68.2. The smallest absolute Gasteiger partial charge is 0.396 e. The number of hydrogen-bond donors (Lipinski definition) is 8. The molecule has 0 saturated carbocycles. The number of phosphoric ester groups is 2. The van der Waals surface area contributed by atoms with Gasteiger partial charge in [-0.2, -0.15) is 4.31 Å². The number of hydrogen-bond acceptors (Lipinski definition) is 19. The lowest BCUT2D eigenvalue weighted by atomic mass is 9.97. The number of aliphatic hydroxyl groups is 6. The van der Waals surface area contributed by atoms with Crippen LogP contribution in [0.25, 0.3) is 0 Å². The summed E-state index contributed by atoms with van der Waals surface area (Å²) in [7, 11) is -8.50. The minimum absolute atomic E-state index is 0.00991. The fraction of sp³-hybridized carbons (Fsp3) is 0.773. The molecule has 2 aliphatic rings. The van der Waals surface area contributed by atoms with Crippen LogP contribution >= 0.6 is 15.6 Å². The molecule has 0 aliphatic carbocycles. The first-order valence-electron chi connectivity index (χ1n) is 13.5. The molecule has 11 atom stereocenters. The van der Waals surface area contributed by atoms with Crippen LogP contribution in [0.2, 0.25) is 0 Å². The first kappa shape index (κ1) is 38.5. The van der Waals surface area contributed by atoms with Crippen molar-refractivity contribution in [1.82, 2.24) is 14.9 Å². The zero-order valence-electron chi connectivity index (χ0n) is 24.4. The number of amides is 1. The zero-order valence-corrected chi connectivity index (χ0v) is 26.2. The standard InChI is InChI=1S/C22H37N3O19P2/c1-37-45(35,40-9-12-17(31)19(33)20(41-12)25-5-4-13(28)24-22(25)34)44-46(36,38-2)43-21-15(18(32)16(30)11(8-27)42-21)23-14(29)10-39-7-3-6-26/h4-5,11-12,15-21,26-27,30-33H,3,6-10H2,1-2H3,(H,23,29)(H,24,28,34)/t11?,12?,15?,16-,17?,18+,19?,20?,21-,45?,46?/m0/s1. The average molecular weight is 709 g/mol. The van der Waals surface area contributed by atoms with Gasteiger partial charge < -0.3 is 50.2 Å². The highest BCUT2D eigenvalue weighted by Gasteiger charge is 2.51. The average Bonchev–Trinajstić information content (AvgIpc) is 3.30. The lowest BCUT2D eigenvalue weighted by Crippen LogP contribution is -2.64. The number of nitrogens with zero attached hydrogens (tertiary/aromatic N) is 1. The second kappa shape index (κ2) is 16.9. The Kier molecular flexibility index (Phi) is 14.2. The van der Waals surface area contributed by atoms with E-state index in [1.807, 2.05) is 4.98 Å². The molecule has 2 aliphatic heterocycles. The largest absolute Gasteiger partial charge is 0.485 e. The van der Waals surface area contributed by atoms with E-state index in [1.54, 1.807) is 0 Å². The molecule has 0 spiro atoms. The number of aromatic nitrogens is 2. The van der Waals surface area contributed by atoms with Crippen LogP contribution in [-0.2, 0) is 50.5 Å². The first-order valence-corrected chi connectivity index (χ1v) is 16.4. The maximum absolute atomic E-state index is 13.5. The van der Waals surface area contributed by atoms with Crippen molar-refractivity contribution in [2.45, 2.75) is 61.6 Å². The molecule has 2 saturated heterocycles. The van der Waals surface area contributed by atoms with Gasteiger partial charge in [-0.1, -0.05) is 0 Å². The molecule has 8 unspecified atom stereocenters. The van der Waals surface area contributed by atoms with E-state index in [2.05, 4.69) is 5.32 Å². The monoisotopic (exact) mass is 709 g/mol. The number of aliphatic hydroxyl groups excluding tert-OH is 6. The molecule has 1 aromatic rings. The summed E-state index contributed by atoms with van der Waals surface area (Å²) in [5.41, 5.74) is -1.70. The normalized spacial score (nSPS) is 32.5. The van der Waals surface area contributed by atoms with E-state index in [4.69, 9.17) is 41.7 Å². The first-order chi connectivity index (χ1) is 21.7. The summed E-state index contributed by atoms with van der Waals surface area (Å²) in [4.78, 5) is 37.8. The zero-order chi connectivity index (χ0) is 34.2.